The van der Waals surface area contributed by atoms with E-state index in [1.54, 1.807) is 11.8 Å². The summed E-state index contributed by atoms with van der Waals surface area (Å²) >= 11 is 0. The number of ether oxygens (including phenoxy) is 1. The number of carbonyl (C=O) groups excluding carboxylic acids is 3. The third-order valence-corrected chi connectivity index (χ3v) is 7.06. The van der Waals surface area contributed by atoms with E-state index in [2.05, 4.69) is 12.2 Å². The number of nitrogens with zero attached hydrogens (tertiary/aromatic N) is 1. The average Bonchev–Trinajstić information content (AvgIpc) is 3.10. The highest BCUT2D eigenvalue weighted by molar-refractivity contribution is 5.96. The Morgan fingerprint density at radius 3 is 2.50 bits per heavy atom. The van der Waals surface area contributed by atoms with Crippen molar-refractivity contribution in [1.29, 1.82) is 0 Å². The lowest BCUT2D eigenvalue weighted by molar-refractivity contribution is -0.155. The first-order chi connectivity index (χ1) is 16.3. The molecule has 7 atom stereocenters. The summed E-state index contributed by atoms with van der Waals surface area (Å²) in [6.45, 7) is 7.60. The number of carbonyl (C=O) groups is 3. The molecular formula is C27H38N2O5. The van der Waals surface area contributed by atoms with Gasteiger partial charge in [0.25, 0.3) is 0 Å². The van der Waals surface area contributed by atoms with Crippen LogP contribution in [0, 0.1) is 23.7 Å². The molecule has 3 rings (SSSR count). The fourth-order valence-corrected chi connectivity index (χ4v) is 5.50. The molecule has 0 saturated carbocycles. The molecule has 1 aliphatic heterocycles. The molecule has 186 valence electrons. The van der Waals surface area contributed by atoms with Crippen molar-refractivity contribution in [2.24, 2.45) is 23.7 Å². The number of aliphatic hydroxyl groups is 1. The molecule has 7 heteroatoms. The molecule has 34 heavy (non-hydrogen) atoms. The van der Waals surface area contributed by atoms with Crippen LogP contribution in [0.25, 0.3) is 0 Å². The van der Waals surface area contributed by atoms with Gasteiger partial charge >= 0.3 is 5.97 Å². The lowest BCUT2D eigenvalue weighted by atomic mass is 9.70. The molecule has 0 aromatic heterocycles. The molecule has 2 aliphatic rings. The number of likely N-dealkylation sites (tertiary alicyclic amines) is 1. The Kier molecular flexibility index (Phi) is 8.89. The second kappa shape index (κ2) is 11.6. The Morgan fingerprint density at radius 1 is 1.18 bits per heavy atom. The lowest BCUT2D eigenvalue weighted by Gasteiger charge is -2.34. The first-order valence-electron chi connectivity index (χ1n) is 12.5. The molecule has 1 aromatic carbocycles. The van der Waals surface area contributed by atoms with E-state index in [-0.39, 0.29) is 37.0 Å². The number of hydrogen-bond donors (Lipinski definition) is 2. The van der Waals surface area contributed by atoms with Crippen LogP contribution in [0.15, 0.2) is 42.5 Å². The van der Waals surface area contributed by atoms with Gasteiger partial charge in [-0.05, 0) is 38.2 Å². The van der Waals surface area contributed by atoms with Gasteiger partial charge < -0.3 is 20.1 Å². The number of esters is 1. The van der Waals surface area contributed by atoms with Gasteiger partial charge in [0, 0.05) is 12.0 Å². The summed E-state index contributed by atoms with van der Waals surface area (Å²) in [6.07, 6.45) is 6.00. The maximum absolute atomic E-state index is 13.9. The first kappa shape index (κ1) is 25.9. The van der Waals surface area contributed by atoms with E-state index in [0.29, 0.717) is 6.42 Å². The molecular weight excluding hydrogens is 432 g/mol. The summed E-state index contributed by atoms with van der Waals surface area (Å²) in [7, 11) is 0. The van der Waals surface area contributed by atoms with Crippen LogP contribution >= 0.6 is 0 Å². The highest BCUT2D eigenvalue weighted by atomic mass is 16.5. The number of benzene rings is 1. The highest BCUT2D eigenvalue weighted by Crippen LogP contribution is 2.45. The SMILES string of the molecule is CCCC(C)NC(=O)[C@@H]1[C@H]2C=C[C@@H](C)[C@@H](C(=O)OCC)[C@@H]2C(=O)N1[C@@H](CO)Cc1ccccc1. The van der Waals surface area contributed by atoms with Gasteiger partial charge in [0.15, 0.2) is 0 Å². The Balaban J connectivity index is 2.00. The predicted octanol–water partition coefficient (Wildman–Crippen LogP) is 2.72. The maximum atomic E-state index is 13.9. The summed E-state index contributed by atoms with van der Waals surface area (Å²) in [5, 5.41) is 13.4. The third-order valence-electron chi connectivity index (χ3n) is 7.06. The van der Waals surface area contributed by atoms with Gasteiger partial charge in [-0.2, -0.15) is 0 Å². The van der Waals surface area contributed by atoms with Crippen molar-refractivity contribution in [2.75, 3.05) is 13.2 Å². The Labute approximate surface area is 202 Å². The molecule has 7 nitrogen and oxygen atoms in total. The molecule has 0 bridgehead atoms. The van der Waals surface area contributed by atoms with Crippen LogP contribution in [0.3, 0.4) is 0 Å². The fraction of sp³-hybridized carbons (Fsp3) is 0.593. The zero-order chi connectivity index (χ0) is 24.8. The Hall–Kier alpha value is -2.67. The smallest absolute Gasteiger partial charge is 0.310 e. The summed E-state index contributed by atoms with van der Waals surface area (Å²) in [5.41, 5.74) is 0.966. The van der Waals surface area contributed by atoms with Crippen LogP contribution in [0.4, 0.5) is 0 Å². The molecule has 2 amide bonds. The topological polar surface area (TPSA) is 95.9 Å². The van der Waals surface area contributed by atoms with E-state index in [4.69, 9.17) is 4.74 Å². The van der Waals surface area contributed by atoms with Crippen molar-refractivity contribution >= 4 is 17.8 Å². The normalized spacial score (nSPS) is 27.7. The van der Waals surface area contributed by atoms with Crippen LogP contribution in [-0.4, -0.2) is 59.1 Å². The van der Waals surface area contributed by atoms with Gasteiger partial charge in [-0.25, -0.2) is 0 Å². The summed E-state index contributed by atoms with van der Waals surface area (Å²) in [5.74, 6) is -2.92. The monoisotopic (exact) mass is 470 g/mol. The van der Waals surface area contributed by atoms with Crippen molar-refractivity contribution in [1.82, 2.24) is 10.2 Å². The standard InChI is InChI=1S/C27H38N2O5/c1-5-10-18(4)28-25(31)24-21-14-13-17(3)22(27(33)34-6-2)23(21)26(32)29(24)20(16-30)15-19-11-8-7-9-12-19/h7-9,11-14,17-18,20-24,30H,5-6,10,15-16H2,1-4H3,(H,28,31)/t17-,18?,20-,21+,22-,23-,24+/m1/s1. The van der Waals surface area contributed by atoms with Crippen molar-refractivity contribution < 1.29 is 24.2 Å². The van der Waals surface area contributed by atoms with Gasteiger partial charge in [0.05, 0.1) is 31.1 Å². The zero-order valence-electron chi connectivity index (χ0n) is 20.6. The van der Waals surface area contributed by atoms with Crippen molar-refractivity contribution in [3.05, 3.63) is 48.0 Å². The van der Waals surface area contributed by atoms with E-state index in [9.17, 15) is 19.5 Å². The highest BCUT2D eigenvalue weighted by Gasteiger charge is 2.58. The number of amides is 2. The van der Waals surface area contributed by atoms with Crippen molar-refractivity contribution in [3.8, 4) is 0 Å². The molecule has 1 aliphatic carbocycles. The largest absolute Gasteiger partial charge is 0.466 e. The number of allylic oxidation sites excluding steroid dienone is 1. The second-order valence-corrected chi connectivity index (χ2v) is 9.54. The number of hydrogen-bond acceptors (Lipinski definition) is 5. The summed E-state index contributed by atoms with van der Waals surface area (Å²) in [6, 6.07) is 8.20. The van der Waals surface area contributed by atoms with Crippen LogP contribution in [-0.2, 0) is 25.5 Å². The van der Waals surface area contributed by atoms with Gasteiger partial charge in [0.1, 0.15) is 6.04 Å². The first-order valence-corrected chi connectivity index (χ1v) is 12.5. The minimum absolute atomic E-state index is 0.0393. The Morgan fingerprint density at radius 2 is 1.88 bits per heavy atom. The van der Waals surface area contributed by atoms with Gasteiger partial charge in [-0.15, -0.1) is 0 Å². The van der Waals surface area contributed by atoms with Crippen LogP contribution in [0.5, 0.6) is 0 Å². The molecule has 1 fully saturated rings. The molecule has 1 unspecified atom stereocenters. The van der Waals surface area contributed by atoms with Crippen molar-refractivity contribution in [3.63, 3.8) is 0 Å². The second-order valence-electron chi connectivity index (χ2n) is 9.54. The van der Waals surface area contributed by atoms with Gasteiger partial charge in [0.2, 0.25) is 11.8 Å². The van der Waals surface area contributed by atoms with E-state index in [1.165, 1.54) is 0 Å². The van der Waals surface area contributed by atoms with Crippen LogP contribution < -0.4 is 5.32 Å². The van der Waals surface area contributed by atoms with Crippen LogP contribution in [0.2, 0.25) is 0 Å². The zero-order valence-corrected chi connectivity index (χ0v) is 20.6. The number of aliphatic hydroxyl groups excluding tert-OH is 1. The van der Waals surface area contributed by atoms with E-state index < -0.39 is 35.8 Å². The molecule has 2 N–H and O–H groups in total. The Bertz CT molecular complexity index is 886. The lowest BCUT2D eigenvalue weighted by Crippen LogP contribution is -2.54. The van der Waals surface area contributed by atoms with Crippen LogP contribution in [0.1, 0.15) is 46.1 Å². The number of nitrogens with one attached hydrogen (secondary N) is 1. The summed E-state index contributed by atoms with van der Waals surface area (Å²) in [4.78, 5) is 41.9. The third kappa shape index (κ3) is 5.35. The van der Waals surface area contributed by atoms with Crippen molar-refractivity contribution in [2.45, 2.75) is 65.1 Å². The molecule has 1 heterocycles. The maximum Gasteiger partial charge on any atom is 0.310 e. The molecule has 1 saturated heterocycles. The number of fused-ring (bicyclic) bond motifs is 1. The predicted molar refractivity (Wildman–Crippen MR) is 130 cm³/mol. The summed E-state index contributed by atoms with van der Waals surface area (Å²) < 4.78 is 5.32. The van der Waals surface area contributed by atoms with E-state index in [1.807, 2.05) is 56.3 Å². The minimum Gasteiger partial charge on any atom is -0.466 e. The quantitative estimate of drug-likeness (QED) is 0.405. The fourth-order valence-electron chi connectivity index (χ4n) is 5.50. The molecule has 0 radical (unpaired) electrons. The molecule has 1 aromatic rings. The van der Waals surface area contributed by atoms with E-state index >= 15 is 0 Å². The van der Waals surface area contributed by atoms with E-state index in [0.717, 1.165) is 18.4 Å². The minimum atomic E-state index is -0.793. The average molecular weight is 471 g/mol. The van der Waals surface area contributed by atoms with Gasteiger partial charge in [-0.1, -0.05) is 62.8 Å². The molecule has 0 spiro atoms. The van der Waals surface area contributed by atoms with Gasteiger partial charge in [-0.3, -0.25) is 14.4 Å². The number of rotatable bonds is 10.